The van der Waals surface area contributed by atoms with Crippen LogP contribution in [0.15, 0.2) is 24.4 Å². The molecule has 1 heterocycles. The number of nitrogens with two attached hydrogens (primary N) is 1. The molecule has 11 heteroatoms. The predicted molar refractivity (Wildman–Crippen MR) is 66.2 cm³/mol. The molecule has 0 aliphatic carbocycles. The van der Waals surface area contributed by atoms with Crippen LogP contribution in [0.3, 0.4) is 0 Å². The van der Waals surface area contributed by atoms with Gasteiger partial charge in [-0.05, 0) is 6.07 Å². The third kappa shape index (κ3) is 2.97. The Kier molecular flexibility index (Phi) is 3.56. The largest absolute Gasteiger partial charge is 0.433 e. The SMILES string of the molecule is Nc1ncc([N+](=O)[O-])c(Oc2ccc([N+](=O)[O-])c(F)c2)n1. The summed E-state index contributed by atoms with van der Waals surface area (Å²) in [5, 5.41) is 21.3. The Bertz CT molecular complexity index is 738. The number of nitrogen functional groups attached to an aromatic ring is 1. The molecule has 21 heavy (non-hydrogen) atoms. The summed E-state index contributed by atoms with van der Waals surface area (Å²) in [4.78, 5) is 26.5. The maximum absolute atomic E-state index is 13.4. The fourth-order valence-corrected chi connectivity index (χ4v) is 1.38. The van der Waals surface area contributed by atoms with Gasteiger partial charge in [-0.15, -0.1) is 0 Å². The van der Waals surface area contributed by atoms with E-state index in [2.05, 4.69) is 9.97 Å². The van der Waals surface area contributed by atoms with Crippen LogP contribution in [-0.2, 0) is 0 Å². The summed E-state index contributed by atoms with van der Waals surface area (Å²) in [5.74, 6) is -2.14. The van der Waals surface area contributed by atoms with Crippen molar-refractivity contribution in [1.29, 1.82) is 0 Å². The highest BCUT2D eigenvalue weighted by atomic mass is 19.1. The van der Waals surface area contributed by atoms with Crippen molar-refractivity contribution in [2.45, 2.75) is 0 Å². The van der Waals surface area contributed by atoms with E-state index < -0.39 is 32.9 Å². The van der Waals surface area contributed by atoms with E-state index in [0.717, 1.165) is 18.3 Å². The van der Waals surface area contributed by atoms with Crippen molar-refractivity contribution in [1.82, 2.24) is 9.97 Å². The molecule has 0 aliphatic rings. The third-order valence-corrected chi connectivity index (χ3v) is 2.28. The van der Waals surface area contributed by atoms with Gasteiger partial charge in [0.2, 0.25) is 11.8 Å². The smallest absolute Gasteiger partial charge is 0.349 e. The van der Waals surface area contributed by atoms with Crippen LogP contribution >= 0.6 is 0 Å². The highest BCUT2D eigenvalue weighted by molar-refractivity contribution is 5.45. The van der Waals surface area contributed by atoms with Gasteiger partial charge < -0.3 is 10.5 Å². The second-order valence-corrected chi connectivity index (χ2v) is 3.65. The minimum Gasteiger partial charge on any atom is -0.433 e. The number of aromatic nitrogens is 2. The summed E-state index contributed by atoms with van der Waals surface area (Å²) in [5.41, 5.74) is 3.96. The van der Waals surface area contributed by atoms with Gasteiger partial charge in [0, 0.05) is 12.1 Å². The van der Waals surface area contributed by atoms with Crippen LogP contribution in [0.1, 0.15) is 0 Å². The van der Waals surface area contributed by atoms with Gasteiger partial charge in [-0.2, -0.15) is 9.37 Å². The second-order valence-electron chi connectivity index (χ2n) is 3.65. The minimum atomic E-state index is -1.15. The zero-order chi connectivity index (χ0) is 15.6. The first-order chi connectivity index (χ1) is 9.88. The van der Waals surface area contributed by atoms with Crippen LogP contribution in [0, 0.1) is 26.0 Å². The highest BCUT2D eigenvalue weighted by Gasteiger charge is 2.21. The number of benzene rings is 1. The van der Waals surface area contributed by atoms with Crippen LogP contribution < -0.4 is 10.5 Å². The van der Waals surface area contributed by atoms with Crippen molar-refractivity contribution in [2.24, 2.45) is 0 Å². The lowest BCUT2D eigenvalue weighted by molar-refractivity contribution is -0.387. The molecule has 0 fully saturated rings. The quantitative estimate of drug-likeness (QED) is 0.663. The molecule has 0 atom stereocenters. The summed E-state index contributed by atoms with van der Waals surface area (Å²) in [6.07, 6.45) is 0.833. The van der Waals surface area contributed by atoms with Gasteiger partial charge in [0.1, 0.15) is 11.9 Å². The number of anilines is 1. The molecule has 108 valence electrons. The van der Waals surface area contributed by atoms with Crippen LogP contribution in [0.2, 0.25) is 0 Å². The van der Waals surface area contributed by atoms with Crippen molar-refractivity contribution in [3.05, 3.63) is 50.4 Å². The Hall–Kier alpha value is -3.37. The molecule has 2 rings (SSSR count). The fourth-order valence-electron chi connectivity index (χ4n) is 1.38. The van der Waals surface area contributed by atoms with E-state index in [9.17, 15) is 24.6 Å². The normalized spacial score (nSPS) is 10.1. The molecular formula is C10H6FN5O5. The molecule has 0 spiro atoms. The van der Waals surface area contributed by atoms with Crippen molar-refractivity contribution >= 4 is 17.3 Å². The Morgan fingerprint density at radius 2 is 1.86 bits per heavy atom. The van der Waals surface area contributed by atoms with Gasteiger partial charge in [-0.3, -0.25) is 20.2 Å². The number of hydrogen-bond acceptors (Lipinski definition) is 8. The summed E-state index contributed by atoms with van der Waals surface area (Å²) in [7, 11) is 0. The first-order valence-electron chi connectivity index (χ1n) is 5.27. The van der Waals surface area contributed by atoms with E-state index in [1.807, 2.05) is 0 Å². The zero-order valence-electron chi connectivity index (χ0n) is 10.1. The van der Waals surface area contributed by atoms with Crippen LogP contribution in [0.25, 0.3) is 0 Å². The van der Waals surface area contributed by atoms with E-state index >= 15 is 0 Å². The molecule has 0 saturated heterocycles. The number of ether oxygens (including phenoxy) is 1. The molecule has 0 unspecified atom stereocenters. The van der Waals surface area contributed by atoms with Gasteiger partial charge in [0.05, 0.1) is 9.85 Å². The number of halogens is 1. The molecule has 10 nitrogen and oxygen atoms in total. The van der Waals surface area contributed by atoms with Crippen molar-refractivity contribution in [3.63, 3.8) is 0 Å². The maximum atomic E-state index is 13.4. The van der Waals surface area contributed by atoms with E-state index in [4.69, 9.17) is 10.5 Å². The van der Waals surface area contributed by atoms with Crippen molar-refractivity contribution in [2.75, 3.05) is 5.73 Å². The van der Waals surface area contributed by atoms with E-state index in [0.29, 0.717) is 6.07 Å². The van der Waals surface area contributed by atoms with Gasteiger partial charge in [0.25, 0.3) is 0 Å². The molecule has 0 bridgehead atoms. The molecule has 2 aromatic rings. The molecule has 2 N–H and O–H groups in total. The first kappa shape index (κ1) is 14.0. The highest BCUT2D eigenvalue weighted by Crippen LogP contribution is 2.31. The van der Waals surface area contributed by atoms with E-state index in [1.165, 1.54) is 0 Å². The van der Waals surface area contributed by atoms with Crippen molar-refractivity contribution in [3.8, 4) is 11.6 Å². The van der Waals surface area contributed by atoms with Gasteiger partial charge in [0.15, 0.2) is 0 Å². The van der Waals surface area contributed by atoms with Gasteiger partial charge >= 0.3 is 17.3 Å². The first-order valence-corrected chi connectivity index (χ1v) is 5.27. The molecule has 1 aromatic heterocycles. The maximum Gasteiger partial charge on any atom is 0.349 e. The van der Waals surface area contributed by atoms with Gasteiger partial charge in [-0.1, -0.05) is 0 Å². The molecule has 0 aliphatic heterocycles. The lowest BCUT2D eigenvalue weighted by atomic mass is 10.3. The third-order valence-electron chi connectivity index (χ3n) is 2.28. The average molecular weight is 295 g/mol. The Morgan fingerprint density at radius 3 is 2.43 bits per heavy atom. The fraction of sp³-hybridized carbons (Fsp3) is 0. The Morgan fingerprint density at radius 1 is 1.19 bits per heavy atom. The van der Waals surface area contributed by atoms with Crippen LogP contribution in [-0.4, -0.2) is 19.8 Å². The molecular weight excluding hydrogens is 289 g/mol. The number of nitro benzene ring substituents is 1. The van der Waals surface area contributed by atoms with Gasteiger partial charge in [-0.25, -0.2) is 4.98 Å². The number of hydrogen-bond donors (Lipinski definition) is 1. The van der Waals surface area contributed by atoms with Crippen LogP contribution in [0.4, 0.5) is 21.7 Å². The monoisotopic (exact) mass is 295 g/mol. The number of nitrogens with zero attached hydrogens (tertiary/aromatic N) is 4. The number of rotatable bonds is 4. The van der Waals surface area contributed by atoms with Crippen molar-refractivity contribution < 1.29 is 19.0 Å². The Labute approximate surface area is 115 Å². The molecule has 0 radical (unpaired) electrons. The van der Waals surface area contributed by atoms with E-state index in [1.54, 1.807) is 0 Å². The Balaban J connectivity index is 2.38. The van der Waals surface area contributed by atoms with E-state index in [-0.39, 0.29) is 11.7 Å². The second kappa shape index (κ2) is 5.32. The predicted octanol–water partition coefficient (Wildman–Crippen LogP) is 1.81. The molecule has 0 saturated carbocycles. The lowest BCUT2D eigenvalue weighted by Gasteiger charge is -2.05. The topological polar surface area (TPSA) is 147 Å². The summed E-state index contributed by atoms with van der Waals surface area (Å²) in [6.45, 7) is 0. The molecule has 0 amide bonds. The minimum absolute atomic E-state index is 0.209. The average Bonchev–Trinajstić information content (AvgIpc) is 2.37. The summed E-state index contributed by atoms with van der Waals surface area (Å²) < 4.78 is 18.5. The zero-order valence-corrected chi connectivity index (χ0v) is 10.1. The standard InChI is InChI=1S/C10H6FN5O5/c11-6-3-5(1-2-7(6)15(17)18)21-9-8(16(19)20)4-13-10(12)14-9/h1-4H,(H2,12,13,14). The molecule has 1 aromatic carbocycles. The summed E-state index contributed by atoms with van der Waals surface area (Å²) >= 11 is 0. The number of nitro groups is 2. The van der Waals surface area contributed by atoms with Crippen LogP contribution in [0.5, 0.6) is 11.6 Å². The summed E-state index contributed by atoms with van der Waals surface area (Å²) in [6, 6.07) is 2.64. The lowest BCUT2D eigenvalue weighted by Crippen LogP contribution is -2.01.